The number of anilines is 1. The Balaban J connectivity index is 0.00000200. The van der Waals surface area contributed by atoms with Crippen molar-refractivity contribution < 1.29 is 4.74 Å². The van der Waals surface area contributed by atoms with Crippen molar-refractivity contribution in [2.75, 3.05) is 19.0 Å². The van der Waals surface area contributed by atoms with Crippen LogP contribution in [0.3, 0.4) is 0 Å². The maximum Gasteiger partial charge on any atom is 0.193 e. The van der Waals surface area contributed by atoms with Crippen LogP contribution in [0, 0.1) is 5.41 Å². The van der Waals surface area contributed by atoms with E-state index in [0.29, 0.717) is 18.0 Å². The second-order valence-electron chi connectivity index (χ2n) is 5.27. The lowest BCUT2D eigenvalue weighted by Gasteiger charge is -2.12. The zero-order valence-electron chi connectivity index (χ0n) is 12.2. The predicted molar refractivity (Wildman–Crippen MR) is 94.6 cm³/mol. The molecule has 1 aromatic rings. The molecule has 1 aliphatic rings. The highest BCUT2D eigenvalue weighted by atomic mass is 127. The number of halogens is 1. The maximum atomic E-state index is 5.96. The van der Waals surface area contributed by atoms with Gasteiger partial charge in [0.15, 0.2) is 5.96 Å². The minimum absolute atomic E-state index is 0. The number of rotatable bonds is 6. The third-order valence-electron chi connectivity index (χ3n) is 3.87. The lowest BCUT2D eigenvalue weighted by molar-refractivity contribution is 0.185. The minimum atomic E-state index is 0. The number of hydrogen-bond donors (Lipinski definition) is 2. The first-order valence-electron chi connectivity index (χ1n) is 6.83. The van der Waals surface area contributed by atoms with Crippen LogP contribution in [0.4, 0.5) is 5.69 Å². The van der Waals surface area contributed by atoms with Gasteiger partial charge in [0.1, 0.15) is 0 Å². The molecular formula is C15H24IN3O. The second-order valence-corrected chi connectivity index (χ2v) is 5.27. The molecule has 0 heterocycles. The molecule has 0 atom stereocenters. The van der Waals surface area contributed by atoms with Crippen molar-refractivity contribution in [3.05, 3.63) is 29.8 Å². The number of methoxy groups -OCH3 is 1. The first-order valence-corrected chi connectivity index (χ1v) is 6.83. The summed E-state index contributed by atoms with van der Waals surface area (Å²) in [6.07, 6.45) is 3.74. The van der Waals surface area contributed by atoms with E-state index in [1.165, 1.54) is 19.3 Å². The zero-order chi connectivity index (χ0) is 13.7. The van der Waals surface area contributed by atoms with E-state index in [-0.39, 0.29) is 24.0 Å². The number of nitrogens with zero attached hydrogens (tertiary/aromatic N) is 1. The molecule has 0 spiro atoms. The molecule has 0 saturated heterocycles. The van der Waals surface area contributed by atoms with Gasteiger partial charge in [-0.1, -0.05) is 25.1 Å². The third kappa shape index (κ3) is 4.63. The Bertz CT molecular complexity index is 458. The molecule has 1 saturated carbocycles. The van der Waals surface area contributed by atoms with Crippen LogP contribution in [-0.4, -0.2) is 19.6 Å². The molecule has 0 amide bonds. The number of benzene rings is 1. The summed E-state index contributed by atoms with van der Waals surface area (Å²) in [5.41, 5.74) is 8.44. The molecule has 3 N–H and O–H groups in total. The van der Waals surface area contributed by atoms with Gasteiger partial charge in [-0.15, -0.1) is 24.0 Å². The molecule has 1 fully saturated rings. The van der Waals surface area contributed by atoms with Crippen LogP contribution in [0.2, 0.25) is 0 Å². The summed E-state index contributed by atoms with van der Waals surface area (Å²) in [6.45, 7) is 3.62. The summed E-state index contributed by atoms with van der Waals surface area (Å²) >= 11 is 0. The minimum Gasteiger partial charge on any atom is -0.380 e. The molecular weight excluding hydrogens is 365 g/mol. The number of nitrogens with one attached hydrogen (secondary N) is 1. The van der Waals surface area contributed by atoms with Gasteiger partial charge in [-0.3, -0.25) is 4.99 Å². The van der Waals surface area contributed by atoms with Crippen molar-refractivity contribution in [2.24, 2.45) is 16.1 Å². The molecule has 5 heteroatoms. The number of para-hydroxylation sites is 1. The van der Waals surface area contributed by atoms with Crippen LogP contribution in [0.5, 0.6) is 0 Å². The monoisotopic (exact) mass is 389 g/mol. The number of nitrogens with two attached hydrogens (primary N) is 1. The van der Waals surface area contributed by atoms with E-state index in [1.54, 1.807) is 7.11 Å². The number of ether oxygens (including phenoxy) is 1. The highest BCUT2D eigenvalue weighted by molar-refractivity contribution is 14.0. The van der Waals surface area contributed by atoms with Gasteiger partial charge in [-0.25, -0.2) is 0 Å². The summed E-state index contributed by atoms with van der Waals surface area (Å²) in [5, 5.41) is 3.17. The van der Waals surface area contributed by atoms with Gasteiger partial charge >= 0.3 is 0 Å². The van der Waals surface area contributed by atoms with Crippen molar-refractivity contribution in [1.29, 1.82) is 0 Å². The number of guanidine groups is 1. The van der Waals surface area contributed by atoms with Crippen LogP contribution in [0.1, 0.15) is 31.7 Å². The van der Waals surface area contributed by atoms with Crippen LogP contribution >= 0.6 is 24.0 Å². The Morgan fingerprint density at radius 1 is 1.40 bits per heavy atom. The lowest BCUT2D eigenvalue weighted by Crippen LogP contribution is -2.24. The number of aliphatic imine (C=N–C) groups is 1. The van der Waals surface area contributed by atoms with Crippen LogP contribution in [0.25, 0.3) is 0 Å². The largest absolute Gasteiger partial charge is 0.380 e. The Morgan fingerprint density at radius 2 is 2.10 bits per heavy atom. The van der Waals surface area contributed by atoms with E-state index >= 15 is 0 Å². The molecule has 0 aliphatic heterocycles. The van der Waals surface area contributed by atoms with Crippen molar-refractivity contribution in [3.8, 4) is 0 Å². The fourth-order valence-electron chi connectivity index (χ4n) is 2.15. The van der Waals surface area contributed by atoms with Gasteiger partial charge in [0.05, 0.1) is 6.61 Å². The van der Waals surface area contributed by atoms with E-state index in [0.717, 1.165) is 17.8 Å². The van der Waals surface area contributed by atoms with E-state index in [9.17, 15) is 0 Å². The van der Waals surface area contributed by atoms with Crippen LogP contribution in [0.15, 0.2) is 29.3 Å². The maximum absolute atomic E-state index is 5.96. The molecule has 0 unspecified atom stereocenters. The molecule has 1 aromatic carbocycles. The highest BCUT2D eigenvalue weighted by Gasteiger charge is 2.40. The molecule has 2 rings (SSSR count). The standard InChI is InChI=1S/C15H23N3O.HI/c1-3-15(8-9-15)11-17-14(16)18-13-7-5-4-6-12(13)10-19-2;/h4-7H,3,8-11H2,1-2H3,(H3,16,17,18);1H. The van der Waals surface area contributed by atoms with Gasteiger partial charge in [0.2, 0.25) is 0 Å². The first-order chi connectivity index (χ1) is 9.19. The highest BCUT2D eigenvalue weighted by Crippen LogP contribution is 2.48. The topological polar surface area (TPSA) is 59.6 Å². The molecule has 20 heavy (non-hydrogen) atoms. The summed E-state index contributed by atoms with van der Waals surface area (Å²) in [7, 11) is 1.69. The van der Waals surface area contributed by atoms with Crippen LogP contribution < -0.4 is 11.1 Å². The summed E-state index contributed by atoms with van der Waals surface area (Å²) in [6, 6.07) is 7.98. The van der Waals surface area contributed by atoms with Gasteiger partial charge in [0, 0.05) is 24.9 Å². The molecule has 0 bridgehead atoms. The molecule has 0 radical (unpaired) electrons. The lowest BCUT2D eigenvalue weighted by atomic mass is 10.1. The summed E-state index contributed by atoms with van der Waals surface area (Å²) in [5.74, 6) is 0.489. The average molecular weight is 389 g/mol. The van der Waals surface area contributed by atoms with E-state index in [1.807, 2.05) is 24.3 Å². The van der Waals surface area contributed by atoms with Gasteiger partial charge < -0.3 is 15.8 Å². The van der Waals surface area contributed by atoms with E-state index < -0.39 is 0 Å². The fourth-order valence-corrected chi connectivity index (χ4v) is 2.15. The quantitative estimate of drug-likeness (QED) is 0.446. The van der Waals surface area contributed by atoms with E-state index in [4.69, 9.17) is 10.5 Å². The van der Waals surface area contributed by atoms with Crippen molar-refractivity contribution in [3.63, 3.8) is 0 Å². The molecule has 4 nitrogen and oxygen atoms in total. The Labute approximate surface area is 138 Å². The first kappa shape index (κ1) is 17.2. The average Bonchev–Trinajstić information content (AvgIpc) is 3.20. The Hall–Kier alpha value is -0.820. The Kier molecular flexibility index (Phi) is 6.75. The molecule has 0 aromatic heterocycles. The zero-order valence-corrected chi connectivity index (χ0v) is 14.5. The van der Waals surface area contributed by atoms with Crippen LogP contribution in [-0.2, 0) is 11.3 Å². The summed E-state index contributed by atoms with van der Waals surface area (Å²) < 4.78 is 5.17. The third-order valence-corrected chi connectivity index (χ3v) is 3.87. The molecule has 112 valence electrons. The number of hydrogen-bond acceptors (Lipinski definition) is 2. The van der Waals surface area contributed by atoms with E-state index in [2.05, 4.69) is 17.2 Å². The SMILES string of the molecule is CCC1(CN=C(N)Nc2ccccc2COC)CC1.I. The Morgan fingerprint density at radius 3 is 2.70 bits per heavy atom. The van der Waals surface area contributed by atoms with Crippen molar-refractivity contribution >= 4 is 35.6 Å². The molecule has 1 aliphatic carbocycles. The predicted octanol–water partition coefficient (Wildman–Crippen LogP) is 3.37. The van der Waals surface area contributed by atoms with Gasteiger partial charge in [-0.2, -0.15) is 0 Å². The summed E-state index contributed by atoms with van der Waals surface area (Å²) in [4.78, 5) is 4.47. The van der Waals surface area contributed by atoms with Gasteiger partial charge in [0.25, 0.3) is 0 Å². The van der Waals surface area contributed by atoms with Gasteiger partial charge in [-0.05, 0) is 30.7 Å². The van der Waals surface area contributed by atoms with Crippen molar-refractivity contribution in [1.82, 2.24) is 0 Å². The normalized spacial score (nSPS) is 16.4. The fraction of sp³-hybridized carbons (Fsp3) is 0.533. The smallest absolute Gasteiger partial charge is 0.193 e. The van der Waals surface area contributed by atoms with Crippen molar-refractivity contribution in [2.45, 2.75) is 32.8 Å². The second kappa shape index (κ2) is 7.83.